The predicted molar refractivity (Wildman–Crippen MR) is 348 cm³/mol. The minimum atomic E-state index is -0.00232. The lowest BCUT2D eigenvalue weighted by Crippen LogP contribution is -2.29. The molecule has 7 aromatic carbocycles. The quantitative estimate of drug-likeness (QED) is 0.0778. The zero-order valence-corrected chi connectivity index (χ0v) is 46.8. The number of rotatable bonds is 18. The van der Waals surface area contributed by atoms with E-state index in [2.05, 4.69) is 300 Å². The summed E-state index contributed by atoms with van der Waals surface area (Å²) in [5.41, 5.74) is 15.6. The lowest BCUT2D eigenvalue weighted by atomic mass is 9.90. The van der Waals surface area contributed by atoms with Crippen LogP contribution in [0.5, 0.6) is 0 Å². The summed E-state index contributed by atoms with van der Waals surface area (Å²) < 4.78 is 2.46. The summed E-state index contributed by atoms with van der Waals surface area (Å²) in [6.07, 6.45) is 48.1. The van der Waals surface area contributed by atoms with Crippen molar-refractivity contribution < 1.29 is 0 Å². The zero-order chi connectivity index (χ0) is 54.9. The number of aromatic nitrogens is 1. The van der Waals surface area contributed by atoms with E-state index < -0.39 is 0 Å². The maximum absolute atomic E-state index is 3.95. The molecule has 1 aliphatic carbocycles. The molecule has 392 valence electrons. The fourth-order valence-corrected chi connectivity index (χ4v) is 10.9. The van der Waals surface area contributed by atoms with Crippen LogP contribution in [0.15, 0.2) is 280 Å². The van der Waals surface area contributed by atoms with E-state index in [-0.39, 0.29) is 5.92 Å². The molecule has 9 rings (SSSR count). The average Bonchev–Trinajstić information content (AvgIpc) is 4.01. The number of allylic oxidation sites excluding steroid dienone is 21. The summed E-state index contributed by atoms with van der Waals surface area (Å²) in [6, 6.07) is 54.2. The molecule has 0 saturated carbocycles. The van der Waals surface area contributed by atoms with E-state index in [0.717, 1.165) is 36.3 Å². The van der Waals surface area contributed by atoms with Crippen molar-refractivity contribution in [2.75, 3.05) is 11.4 Å². The third-order valence-electron chi connectivity index (χ3n) is 14.9. The van der Waals surface area contributed by atoms with Gasteiger partial charge in [-0.05, 0) is 147 Å². The molecule has 1 aliphatic rings. The molecule has 2 nitrogen and oxygen atoms in total. The van der Waals surface area contributed by atoms with Crippen LogP contribution in [0.1, 0.15) is 70.1 Å². The highest BCUT2D eigenvalue weighted by Gasteiger charge is 2.22. The minimum absolute atomic E-state index is 0.00232. The topological polar surface area (TPSA) is 8.17 Å². The van der Waals surface area contributed by atoms with Gasteiger partial charge >= 0.3 is 0 Å². The second-order valence-electron chi connectivity index (χ2n) is 20.3. The number of fused-ring (bicyclic) bond motifs is 4. The summed E-state index contributed by atoms with van der Waals surface area (Å²) >= 11 is 0. The van der Waals surface area contributed by atoms with Gasteiger partial charge in [-0.1, -0.05) is 265 Å². The Labute approximate surface area is 470 Å². The number of hydrogen-bond acceptors (Lipinski definition) is 1. The third-order valence-corrected chi connectivity index (χ3v) is 14.9. The third kappa shape index (κ3) is 13.1. The van der Waals surface area contributed by atoms with Gasteiger partial charge < -0.3 is 9.47 Å². The van der Waals surface area contributed by atoms with Crippen LogP contribution >= 0.6 is 0 Å². The summed E-state index contributed by atoms with van der Waals surface area (Å²) in [5.74, 6) is 0.290. The summed E-state index contributed by atoms with van der Waals surface area (Å²) in [7, 11) is 0. The van der Waals surface area contributed by atoms with Gasteiger partial charge in [0, 0.05) is 40.3 Å². The fourth-order valence-electron chi connectivity index (χ4n) is 10.9. The molecule has 1 aromatic heterocycles. The SMILES string of the molecule is C=C/C=C\C=C/Cc1ccc2c3c(C(C)/C=C(\C=C/C)N(C/C=c4/ccc5ccccc5/c4=C/CC)c4ccc(-c5ccc(/C6=C/C=C\C/C=C\C=C/C6C)cc5)cc4)cc(-c4ccccc4)cc3n(/C(C)=C/C=C\C=C)c2c1. The first-order valence-electron chi connectivity index (χ1n) is 28.1. The molecule has 0 N–H and O–H groups in total. The highest BCUT2D eigenvalue weighted by Crippen LogP contribution is 2.41. The Morgan fingerprint density at radius 1 is 0.684 bits per heavy atom. The normalized spacial score (nSPS) is 17.3. The highest BCUT2D eigenvalue weighted by atomic mass is 15.1. The smallest absolute Gasteiger partial charge is 0.0546 e. The van der Waals surface area contributed by atoms with Crippen molar-refractivity contribution in [2.24, 2.45) is 5.92 Å². The van der Waals surface area contributed by atoms with Crippen molar-refractivity contribution in [3.8, 4) is 22.3 Å². The van der Waals surface area contributed by atoms with Gasteiger partial charge in [-0.25, -0.2) is 0 Å². The van der Waals surface area contributed by atoms with Crippen LogP contribution in [-0.4, -0.2) is 11.1 Å². The number of nitrogens with zero attached hydrogens (tertiary/aromatic N) is 2. The predicted octanol–water partition coefficient (Wildman–Crippen LogP) is 19.6. The molecule has 0 saturated heterocycles. The van der Waals surface area contributed by atoms with Crippen LogP contribution in [0.25, 0.3) is 78.3 Å². The molecule has 2 unspecified atom stereocenters. The first-order chi connectivity index (χ1) is 38.8. The molecule has 0 fully saturated rings. The summed E-state index contributed by atoms with van der Waals surface area (Å²) in [4.78, 5) is 2.49. The van der Waals surface area contributed by atoms with Crippen LogP contribution in [0.2, 0.25) is 0 Å². The van der Waals surface area contributed by atoms with Crippen molar-refractivity contribution >= 4 is 61.7 Å². The molecular weight excluding hydrogens is 953 g/mol. The molecule has 0 radical (unpaired) electrons. The van der Waals surface area contributed by atoms with Gasteiger partial charge in [0.25, 0.3) is 0 Å². The van der Waals surface area contributed by atoms with Crippen molar-refractivity contribution in [1.82, 2.24) is 4.57 Å². The Hall–Kier alpha value is -8.98. The van der Waals surface area contributed by atoms with Gasteiger partial charge in [0.1, 0.15) is 0 Å². The van der Waals surface area contributed by atoms with Crippen molar-refractivity contribution in [1.29, 1.82) is 0 Å². The number of hydrogen-bond donors (Lipinski definition) is 0. The van der Waals surface area contributed by atoms with Gasteiger partial charge in [0.15, 0.2) is 0 Å². The van der Waals surface area contributed by atoms with Gasteiger partial charge in [0.05, 0.1) is 11.0 Å². The first kappa shape index (κ1) is 54.8. The maximum atomic E-state index is 3.95. The van der Waals surface area contributed by atoms with Crippen LogP contribution in [0, 0.1) is 5.92 Å². The molecule has 0 spiro atoms. The van der Waals surface area contributed by atoms with Crippen molar-refractivity contribution in [3.05, 3.63) is 307 Å². The maximum Gasteiger partial charge on any atom is 0.0546 e. The van der Waals surface area contributed by atoms with E-state index >= 15 is 0 Å². The fraction of sp³-hybridized carbons (Fsp3) is 0.143. The number of anilines is 1. The van der Waals surface area contributed by atoms with Gasteiger partial charge in [-0.2, -0.15) is 0 Å². The Morgan fingerprint density at radius 3 is 2.18 bits per heavy atom. The first-order valence-corrected chi connectivity index (χ1v) is 28.1. The lowest BCUT2D eigenvalue weighted by Gasteiger charge is -2.27. The molecule has 2 heteroatoms. The van der Waals surface area contributed by atoms with Gasteiger partial charge in [0.2, 0.25) is 0 Å². The minimum Gasteiger partial charge on any atom is -0.338 e. The van der Waals surface area contributed by atoms with E-state index in [9.17, 15) is 0 Å². The molecular formula is C77H74N2. The zero-order valence-electron chi connectivity index (χ0n) is 46.8. The van der Waals surface area contributed by atoms with Crippen LogP contribution in [0.4, 0.5) is 5.69 Å². The molecule has 0 aliphatic heterocycles. The molecule has 2 atom stereocenters. The second kappa shape index (κ2) is 26.9. The van der Waals surface area contributed by atoms with Crippen molar-refractivity contribution in [2.45, 2.75) is 59.8 Å². The van der Waals surface area contributed by atoms with Gasteiger partial charge in [-0.15, -0.1) is 0 Å². The van der Waals surface area contributed by atoms with Crippen molar-refractivity contribution in [3.63, 3.8) is 0 Å². The van der Waals surface area contributed by atoms with E-state index in [1.54, 1.807) is 6.08 Å². The Bertz CT molecular complexity index is 3910. The Kier molecular flexibility index (Phi) is 18.6. The summed E-state index contributed by atoms with van der Waals surface area (Å²) in [5, 5.41) is 7.54. The van der Waals surface area contributed by atoms with E-state index in [4.69, 9.17) is 0 Å². The average molecular weight is 1030 g/mol. The van der Waals surface area contributed by atoms with Crippen LogP contribution in [-0.2, 0) is 6.42 Å². The molecule has 0 bridgehead atoms. The van der Waals surface area contributed by atoms with Crippen LogP contribution < -0.4 is 15.3 Å². The Balaban J connectivity index is 1.19. The Morgan fingerprint density at radius 2 is 1.41 bits per heavy atom. The molecule has 1 heterocycles. The van der Waals surface area contributed by atoms with E-state index in [1.165, 1.54) is 87.5 Å². The number of benzene rings is 7. The van der Waals surface area contributed by atoms with Crippen LogP contribution in [0.3, 0.4) is 0 Å². The molecule has 0 amide bonds. The molecule has 8 aromatic rings. The van der Waals surface area contributed by atoms with E-state index in [1.807, 2.05) is 24.3 Å². The summed E-state index contributed by atoms with van der Waals surface area (Å²) in [6.45, 7) is 19.7. The van der Waals surface area contributed by atoms with E-state index in [0.29, 0.717) is 12.5 Å². The monoisotopic (exact) mass is 1030 g/mol. The molecule has 79 heavy (non-hydrogen) atoms. The standard InChI is InChI=1S/C77H74N2/c1-8-12-14-17-23-33-60-39-50-73-75(54-60)79(59(7)32-21-13-9-2)76-56-67(61-34-24-20-25-35-61)55-74(77(73)76)58(6)53-69(29-10-3)78(52-51-66-45-44-64-36-27-28-38-72(64)71(66)30-11-4)68-48-46-63(47-49-68)62-40-42-65(43-41-62)70-37-26-19-16-15-18-22-31-57(70)5/h8-10,12-15,17-32,34-51,53-58H,1-2,11,16,33,52H2,3-7H3/b14-12-,18-15-,21-13-,23-17-,26-19-,29-10-,31-22-,59-32+,66-51-,69-53+,70-37+,71-30+. The highest BCUT2D eigenvalue weighted by molar-refractivity contribution is 6.13. The lowest BCUT2D eigenvalue weighted by molar-refractivity contribution is 0.945. The second-order valence-corrected chi connectivity index (χ2v) is 20.3. The largest absolute Gasteiger partial charge is 0.338 e. The van der Waals surface area contributed by atoms with Gasteiger partial charge in [-0.3, -0.25) is 0 Å².